The Balaban J connectivity index is 0. The van der Waals surface area contributed by atoms with Crippen LogP contribution in [0.3, 0.4) is 0 Å². The summed E-state index contributed by atoms with van der Waals surface area (Å²) in [7, 11) is 1.88. The molecule has 0 rings (SSSR count). The van der Waals surface area contributed by atoms with E-state index in [0.29, 0.717) is 26.4 Å². The smallest absolute Gasteiger partial charge is 0.0980 e. The second kappa shape index (κ2) is 42.5. The molecule has 5 heteroatoms. The lowest BCUT2D eigenvalue weighted by Gasteiger charge is -2.11. The number of allylic oxidation sites excluding steroid dienone is 1. The van der Waals surface area contributed by atoms with Gasteiger partial charge in [-0.3, -0.25) is 0 Å². The molecule has 0 aromatic carbocycles. The van der Waals surface area contributed by atoms with Crippen LogP contribution >= 0.6 is 0 Å². The number of unbranched alkanes of at least 4 members (excludes halogenated alkanes) is 22. The number of ether oxygens (including phenoxy) is 2. The largest absolute Gasteiger partial charge is 0.386 e. The van der Waals surface area contributed by atoms with Gasteiger partial charge in [0.05, 0.1) is 32.5 Å². The molecule has 0 aliphatic heterocycles. The van der Waals surface area contributed by atoms with Crippen LogP contribution in [0.4, 0.5) is 0 Å². The minimum Gasteiger partial charge on any atom is -0.386 e. The minimum absolute atomic E-state index is 0.339. The third-order valence-electron chi connectivity index (χ3n) is 8.54. The van der Waals surface area contributed by atoms with Gasteiger partial charge < -0.3 is 25.2 Å². The zero-order chi connectivity index (χ0) is 32.6. The molecular formula is C39H82N2O3. The van der Waals surface area contributed by atoms with Gasteiger partial charge in [0.2, 0.25) is 0 Å². The first-order valence-corrected chi connectivity index (χ1v) is 19.5. The molecule has 0 fully saturated rings. The van der Waals surface area contributed by atoms with E-state index in [4.69, 9.17) is 9.47 Å². The molecule has 0 heterocycles. The molecule has 0 aliphatic rings. The molecular weight excluding hydrogens is 544 g/mol. The average Bonchev–Trinajstić information content (AvgIpc) is 3.04. The van der Waals surface area contributed by atoms with Crippen molar-refractivity contribution in [3.63, 3.8) is 0 Å². The molecule has 0 aromatic rings. The standard InChI is InChI=1S/C28H59N.C11H23NO3/c1-3-5-7-9-11-13-15-17-19-21-23-25-27-29-28-26-24-22-20-18-16-14-12-10-8-6-4-2;1-4-10(2)11(13)9-15-8-7-14-6-5-12-3/h29H,3-28H2,1-2H3;4,11-13H,5-9H2,1-3H3. The van der Waals surface area contributed by atoms with Gasteiger partial charge in [-0.15, -0.1) is 0 Å². The van der Waals surface area contributed by atoms with Gasteiger partial charge >= 0.3 is 0 Å². The summed E-state index contributed by atoms with van der Waals surface area (Å²) in [4.78, 5) is 0. The lowest BCUT2D eigenvalue weighted by Crippen LogP contribution is -2.20. The van der Waals surface area contributed by atoms with Crippen LogP contribution in [0.15, 0.2) is 11.6 Å². The predicted molar refractivity (Wildman–Crippen MR) is 196 cm³/mol. The number of aliphatic hydroxyl groups excluding tert-OH is 1. The Labute approximate surface area is 277 Å². The highest BCUT2D eigenvalue weighted by molar-refractivity contribution is 5.02. The van der Waals surface area contributed by atoms with E-state index in [1.54, 1.807) is 0 Å². The van der Waals surface area contributed by atoms with Gasteiger partial charge in [0.25, 0.3) is 0 Å². The lowest BCUT2D eigenvalue weighted by molar-refractivity contribution is 0.0151. The van der Waals surface area contributed by atoms with Crippen molar-refractivity contribution in [3.05, 3.63) is 11.6 Å². The number of aliphatic hydroxyl groups is 1. The maximum absolute atomic E-state index is 9.51. The Bertz CT molecular complexity index is 503. The van der Waals surface area contributed by atoms with Crippen LogP contribution in [0.25, 0.3) is 0 Å². The fraction of sp³-hybridized carbons (Fsp3) is 0.949. The van der Waals surface area contributed by atoms with Gasteiger partial charge in [-0.2, -0.15) is 0 Å². The van der Waals surface area contributed by atoms with E-state index in [1.165, 1.54) is 167 Å². The van der Waals surface area contributed by atoms with Crippen molar-refractivity contribution >= 4 is 0 Å². The van der Waals surface area contributed by atoms with Crippen molar-refractivity contribution in [3.8, 4) is 0 Å². The summed E-state index contributed by atoms with van der Waals surface area (Å²) in [5.74, 6) is 0. The SMILES string of the molecule is CC=C(C)C(O)COCCOCCNC.CCCCCCCCCCCCCCNCCCCCCCCCCCCCC. The van der Waals surface area contributed by atoms with Crippen LogP contribution in [0.2, 0.25) is 0 Å². The maximum atomic E-state index is 9.51. The molecule has 0 aromatic heterocycles. The minimum atomic E-state index is -0.493. The molecule has 0 radical (unpaired) electrons. The third-order valence-corrected chi connectivity index (χ3v) is 8.54. The van der Waals surface area contributed by atoms with Crippen molar-refractivity contribution in [2.24, 2.45) is 0 Å². The number of hydrogen-bond donors (Lipinski definition) is 3. The fourth-order valence-corrected chi connectivity index (χ4v) is 5.22. The Morgan fingerprint density at radius 1 is 0.545 bits per heavy atom. The zero-order valence-electron chi connectivity index (χ0n) is 30.8. The van der Waals surface area contributed by atoms with Gasteiger partial charge in [-0.25, -0.2) is 0 Å². The highest BCUT2D eigenvalue weighted by Gasteiger charge is 2.04. The summed E-state index contributed by atoms with van der Waals surface area (Å²) in [6, 6.07) is 0. The summed E-state index contributed by atoms with van der Waals surface area (Å²) in [5, 5.41) is 16.2. The summed E-state index contributed by atoms with van der Waals surface area (Å²) < 4.78 is 10.5. The number of nitrogens with one attached hydrogen (secondary N) is 2. The summed E-state index contributed by atoms with van der Waals surface area (Å²) in [6.45, 7) is 13.9. The number of likely N-dealkylation sites (N-methyl/N-ethyl adjacent to an activating group) is 1. The molecule has 0 saturated heterocycles. The van der Waals surface area contributed by atoms with Crippen LogP contribution in [-0.2, 0) is 9.47 Å². The molecule has 0 spiro atoms. The molecule has 266 valence electrons. The van der Waals surface area contributed by atoms with Gasteiger partial charge in [-0.1, -0.05) is 161 Å². The first-order chi connectivity index (χ1) is 21.6. The molecule has 1 atom stereocenters. The zero-order valence-corrected chi connectivity index (χ0v) is 30.8. The second-order valence-corrected chi connectivity index (χ2v) is 12.9. The fourth-order valence-electron chi connectivity index (χ4n) is 5.22. The molecule has 1 unspecified atom stereocenters. The number of rotatable bonds is 35. The van der Waals surface area contributed by atoms with E-state index >= 15 is 0 Å². The normalized spacial score (nSPS) is 12.4. The van der Waals surface area contributed by atoms with Crippen molar-refractivity contribution in [2.75, 3.05) is 53.1 Å². The van der Waals surface area contributed by atoms with Crippen LogP contribution in [0.1, 0.15) is 182 Å². The van der Waals surface area contributed by atoms with Crippen molar-refractivity contribution in [1.29, 1.82) is 0 Å². The Morgan fingerprint density at radius 2 is 0.909 bits per heavy atom. The van der Waals surface area contributed by atoms with E-state index in [2.05, 4.69) is 24.5 Å². The van der Waals surface area contributed by atoms with Crippen molar-refractivity contribution < 1.29 is 14.6 Å². The average molecular weight is 627 g/mol. The van der Waals surface area contributed by atoms with Crippen molar-refractivity contribution in [2.45, 2.75) is 188 Å². The highest BCUT2D eigenvalue weighted by Crippen LogP contribution is 2.13. The van der Waals surface area contributed by atoms with Crippen LogP contribution < -0.4 is 10.6 Å². The first-order valence-electron chi connectivity index (χ1n) is 19.5. The van der Waals surface area contributed by atoms with Crippen LogP contribution in [-0.4, -0.2) is 64.3 Å². The van der Waals surface area contributed by atoms with E-state index in [1.807, 2.05) is 27.0 Å². The van der Waals surface area contributed by atoms with E-state index in [0.717, 1.165) is 12.1 Å². The summed E-state index contributed by atoms with van der Waals surface area (Å²) in [5.41, 5.74) is 0.936. The molecule has 0 amide bonds. The van der Waals surface area contributed by atoms with Gasteiger partial charge in [0.15, 0.2) is 0 Å². The van der Waals surface area contributed by atoms with Crippen molar-refractivity contribution in [1.82, 2.24) is 10.6 Å². The monoisotopic (exact) mass is 627 g/mol. The Morgan fingerprint density at radius 3 is 1.27 bits per heavy atom. The van der Waals surface area contributed by atoms with Gasteiger partial charge in [0, 0.05) is 6.54 Å². The number of hydrogen-bond acceptors (Lipinski definition) is 5. The van der Waals surface area contributed by atoms with Crippen LogP contribution in [0, 0.1) is 0 Å². The highest BCUT2D eigenvalue weighted by atomic mass is 16.5. The first kappa shape index (κ1) is 45.7. The molecule has 0 bridgehead atoms. The molecule has 5 nitrogen and oxygen atoms in total. The molecule has 0 aliphatic carbocycles. The maximum Gasteiger partial charge on any atom is 0.0980 e. The molecule has 0 saturated carbocycles. The third kappa shape index (κ3) is 41.5. The van der Waals surface area contributed by atoms with Gasteiger partial charge in [-0.05, 0) is 52.4 Å². The van der Waals surface area contributed by atoms with E-state index in [-0.39, 0.29) is 0 Å². The lowest BCUT2D eigenvalue weighted by atomic mass is 10.1. The quantitative estimate of drug-likeness (QED) is 0.0482. The second-order valence-electron chi connectivity index (χ2n) is 12.9. The Hall–Kier alpha value is -0.460. The predicted octanol–water partition coefficient (Wildman–Crippen LogP) is 10.5. The van der Waals surface area contributed by atoms with E-state index < -0.39 is 6.10 Å². The van der Waals surface area contributed by atoms with Gasteiger partial charge in [0.1, 0.15) is 0 Å². The van der Waals surface area contributed by atoms with Crippen LogP contribution in [0.5, 0.6) is 0 Å². The topological polar surface area (TPSA) is 62.8 Å². The molecule has 3 N–H and O–H groups in total. The summed E-state index contributed by atoms with van der Waals surface area (Å²) in [6.07, 6.45) is 36.1. The van der Waals surface area contributed by atoms with E-state index in [9.17, 15) is 5.11 Å². The summed E-state index contributed by atoms with van der Waals surface area (Å²) >= 11 is 0. The molecule has 44 heavy (non-hydrogen) atoms. The Kier molecular flexibility index (Phi) is 44.1.